The summed E-state index contributed by atoms with van der Waals surface area (Å²) in [5, 5.41) is 2.59. The van der Waals surface area contributed by atoms with E-state index in [1.165, 1.54) is 12.1 Å². The molecule has 7 heteroatoms. The first-order valence-electron chi connectivity index (χ1n) is 6.60. The van der Waals surface area contributed by atoms with E-state index < -0.39 is 17.6 Å². The van der Waals surface area contributed by atoms with Crippen molar-refractivity contribution in [3.05, 3.63) is 33.8 Å². The van der Waals surface area contributed by atoms with Crippen molar-refractivity contribution in [3.8, 4) is 0 Å². The van der Waals surface area contributed by atoms with E-state index in [1.807, 2.05) is 0 Å². The summed E-state index contributed by atoms with van der Waals surface area (Å²) in [6.07, 6.45) is -2.94. The third-order valence-corrected chi connectivity index (χ3v) is 3.92. The van der Waals surface area contributed by atoms with Crippen molar-refractivity contribution >= 4 is 21.8 Å². The lowest BCUT2D eigenvalue weighted by Gasteiger charge is -2.22. The van der Waals surface area contributed by atoms with Gasteiger partial charge in [0.1, 0.15) is 0 Å². The molecule has 0 unspecified atom stereocenters. The van der Waals surface area contributed by atoms with Crippen LogP contribution in [-0.2, 0) is 10.9 Å². The molecule has 3 nitrogen and oxygen atoms in total. The molecule has 0 bridgehead atoms. The van der Waals surface area contributed by atoms with Gasteiger partial charge in [-0.2, -0.15) is 13.2 Å². The van der Waals surface area contributed by atoms with Gasteiger partial charge in [0.05, 0.1) is 11.1 Å². The Morgan fingerprint density at radius 2 is 2.00 bits per heavy atom. The molecule has 0 spiro atoms. The third kappa shape index (κ3) is 4.44. The van der Waals surface area contributed by atoms with Crippen LogP contribution in [0.2, 0.25) is 0 Å². The van der Waals surface area contributed by atoms with Crippen molar-refractivity contribution in [2.75, 3.05) is 19.8 Å². The molecule has 1 amide bonds. The molecule has 1 aromatic carbocycles. The summed E-state index contributed by atoms with van der Waals surface area (Å²) >= 11 is 2.99. The van der Waals surface area contributed by atoms with Crippen LogP contribution in [0.25, 0.3) is 0 Å². The number of nitrogens with one attached hydrogen (secondary N) is 1. The number of ether oxygens (including phenoxy) is 1. The first-order valence-corrected chi connectivity index (χ1v) is 7.40. The quantitative estimate of drug-likeness (QED) is 0.888. The fourth-order valence-electron chi connectivity index (χ4n) is 2.23. The number of benzene rings is 1. The highest BCUT2D eigenvalue weighted by Gasteiger charge is 2.35. The van der Waals surface area contributed by atoms with E-state index in [2.05, 4.69) is 21.2 Å². The fraction of sp³-hybridized carbons (Fsp3) is 0.500. The number of halogens is 4. The average molecular weight is 366 g/mol. The van der Waals surface area contributed by atoms with Gasteiger partial charge < -0.3 is 10.1 Å². The van der Waals surface area contributed by atoms with Crippen molar-refractivity contribution in [2.45, 2.75) is 19.0 Å². The smallest absolute Gasteiger partial charge is 0.381 e. The summed E-state index contributed by atoms with van der Waals surface area (Å²) in [7, 11) is 0. The van der Waals surface area contributed by atoms with E-state index >= 15 is 0 Å². The summed E-state index contributed by atoms with van der Waals surface area (Å²) in [6.45, 7) is 1.63. The van der Waals surface area contributed by atoms with Crippen molar-refractivity contribution < 1.29 is 22.7 Å². The van der Waals surface area contributed by atoms with E-state index in [0.29, 0.717) is 19.8 Å². The van der Waals surface area contributed by atoms with Crippen molar-refractivity contribution in [1.29, 1.82) is 0 Å². The van der Waals surface area contributed by atoms with Gasteiger partial charge in [0.2, 0.25) is 0 Å². The van der Waals surface area contributed by atoms with Crippen molar-refractivity contribution in [3.63, 3.8) is 0 Å². The average Bonchev–Trinajstić information content (AvgIpc) is 2.45. The van der Waals surface area contributed by atoms with Crippen LogP contribution in [0, 0.1) is 5.92 Å². The lowest BCUT2D eigenvalue weighted by atomic mass is 10.00. The number of hydrogen-bond donors (Lipinski definition) is 1. The normalized spacial score (nSPS) is 16.8. The highest BCUT2D eigenvalue weighted by atomic mass is 79.9. The maximum atomic E-state index is 13.0. The Kier molecular flexibility index (Phi) is 5.27. The van der Waals surface area contributed by atoms with Crippen LogP contribution in [0.4, 0.5) is 13.2 Å². The maximum Gasteiger partial charge on any atom is 0.417 e. The Hall–Kier alpha value is -1.08. The largest absolute Gasteiger partial charge is 0.417 e. The second-order valence-electron chi connectivity index (χ2n) is 4.95. The molecule has 1 aliphatic rings. The Morgan fingerprint density at radius 1 is 1.33 bits per heavy atom. The third-order valence-electron chi connectivity index (χ3n) is 3.42. The van der Waals surface area contributed by atoms with Gasteiger partial charge in [0.25, 0.3) is 5.91 Å². The van der Waals surface area contributed by atoms with Crippen molar-refractivity contribution in [2.24, 2.45) is 5.92 Å². The van der Waals surface area contributed by atoms with E-state index in [4.69, 9.17) is 4.74 Å². The van der Waals surface area contributed by atoms with E-state index in [0.717, 1.165) is 18.9 Å². The molecule has 0 saturated carbocycles. The van der Waals surface area contributed by atoms with Crippen LogP contribution in [0.15, 0.2) is 22.7 Å². The summed E-state index contributed by atoms with van der Waals surface area (Å²) in [5.41, 5.74) is -1.28. The van der Waals surface area contributed by atoms with Crippen LogP contribution in [0.1, 0.15) is 28.8 Å². The summed E-state index contributed by atoms with van der Waals surface area (Å²) in [4.78, 5) is 12.0. The monoisotopic (exact) mass is 365 g/mol. The van der Waals surface area contributed by atoms with Crippen LogP contribution in [0.5, 0.6) is 0 Å². The fourth-order valence-corrected chi connectivity index (χ4v) is 2.59. The molecule has 1 heterocycles. The molecule has 1 N–H and O–H groups in total. The maximum absolute atomic E-state index is 13.0. The highest BCUT2D eigenvalue weighted by molar-refractivity contribution is 9.10. The van der Waals surface area contributed by atoms with Gasteiger partial charge in [0.15, 0.2) is 0 Å². The van der Waals surface area contributed by atoms with E-state index in [1.54, 1.807) is 0 Å². The predicted molar refractivity (Wildman–Crippen MR) is 75.0 cm³/mol. The number of amides is 1. The van der Waals surface area contributed by atoms with Crippen LogP contribution >= 0.6 is 15.9 Å². The minimum atomic E-state index is -4.56. The van der Waals surface area contributed by atoms with Gasteiger partial charge >= 0.3 is 6.18 Å². The van der Waals surface area contributed by atoms with Gasteiger partial charge in [-0.25, -0.2) is 0 Å². The Balaban J connectivity index is 2.08. The Morgan fingerprint density at radius 3 is 2.62 bits per heavy atom. The first kappa shape index (κ1) is 16.3. The molecule has 116 valence electrons. The van der Waals surface area contributed by atoms with Gasteiger partial charge in [-0.1, -0.05) is 15.9 Å². The molecule has 1 saturated heterocycles. The number of alkyl halides is 3. The summed E-state index contributed by atoms with van der Waals surface area (Å²) < 4.78 is 44.4. The molecule has 0 aliphatic carbocycles. The molecule has 1 aliphatic heterocycles. The first-order chi connectivity index (χ1) is 9.88. The zero-order chi connectivity index (χ0) is 15.5. The van der Waals surface area contributed by atoms with Gasteiger partial charge in [-0.15, -0.1) is 0 Å². The summed E-state index contributed by atoms with van der Waals surface area (Å²) in [5.74, 6) is -0.436. The molecular weight excluding hydrogens is 351 g/mol. The Bertz CT molecular complexity index is 513. The topological polar surface area (TPSA) is 38.3 Å². The molecule has 1 aromatic rings. The lowest BCUT2D eigenvalue weighted by Crippen LogP contribution is -2.33. The number of rotatable bonds is 3. The minimum Gasteiger partial charge on any atom is -0.381 e. The molecule has 21 heavy (non-hydrogen) atoms. The van der Waals surface area contributed by atoms with Gasteiger partial charge in [-0.3, -0.25) is 4.79 Å². The highest BCUT2D eigenvalue weighted by Crippen LogP contribution is 2.33. The molecule has 1 fully saturated rings. The van der Waals surface area contributed by atoms with Crippen LogP contribution in [-0.4, -0.2) is 25.7 Å². The second kappa shape index (κ2) is 6.79. The standard InChI is InChI=1S/C14H15BrF3NO2/c15-10-1-2-11(12(7-10)14(16,17)18)13(20)19-8-9-3-5-21-6-4-9/h1-2,7,9H,3-6,8H2,(H,19,20). The van der Waals surface area contributed by atoms with Gasteiger partial charge in [0, 0.05) is 24.2 Å². The zero-order valence-electron chi connectivity index (χ0n) is 11.2. The molecule has 0 aromatic heterocycles. The molecular formula is C14H15BrF3NO2. The molecule has 0 radical (unpaired) electrons. The minimum absolute atomic E-state index is 0.257. The molecule has 2 rings (SSSR count). The van der Waals surface area contributed by atoms with E-state index in [9.17, 15) is 18.0 Å². The SMILES string of the molecule is O=C(NCC1CCOCC1)c1ccc(Br)cc1C(F)(F)F. The van der Waals surface area contributed by atoms with E-state index in [-0.39, 0.29) is 16.0 Å². The second-order valence-corrected chi connectivity index (χ2v) is 5.87. The number of carbonyl (C=O) groups excluding carboxylic acids is 1. The number of hydrogen-bond acceptors (Lipinski definition) is 2. The van der Waals surface area contributed by atoms with Crippen molar-refractivity contribution in [1.82, 2.24) is 5.32 Å². The Labute approximate surface area is 129 Å². The lowest BCUT2D eigenvalue weighted by molar-refractivity contribution is -0.138. The van der Waals surface area contributed by atoms with Gasteiger partial charge in [-0.05, 0) is 37.0 Å². The summed E-state index contributed by atoms with van der Waals surface area (Å²) in [6, 6.07) is 3.54. The van der Waals surface area contributed by atoms with Crippen LogP contribution < -0.4 is 5.32 Å². The molecule has 0 atom stereocenters. The zero-order valence-corrected chi connectivity index (χ0v) is 12.8. The number of carbonyl (C=O) groups is 1. The predicted octanol–water partition coefficient (Wildman–Crippen LogP) is 3.62. The van der Waals surface area contributed by atoms with Crippen LogP contribution in [0.3, 0.4) is 0 Å².